The van der Waals surface area contributed by atoms with Crippen molar-refractivity contribution in [1.29, 1.82) is 0 Å². The summed E-state index contributed by atoms with van der Waals surface area (Å²) in [5.74, 6) is -0.323. The zero-order chi connectivity index (χ0) is 13.0. The van der Waals surface area contributed by atoms with E-state index in [1.807, 2.05) is 0 Å². The van der Waals surface area contributed by atoms with Crippen LogP contribution in [0.2, 0.25) is 0 Å². The minimum absolute atomic E-state index is 0.119. The van der Waals surface area contributed by atoms with Gasteiger partial charge in [-0.3, -0.25) is 10.1 Å². The van der Waals surface area contributed by atoms with Gasteiger partial charge in [-0.1, -0.05) is 15.9 Å². The first-order valence-electron chi connectivity index (χ1n) is 4.63. The summed E-state index contributed by atoms with van der Waals surface area (Å²) in [4.78, 5) is 21.2. The summed E-state index contributed by atoms with van der Waals surface area (Å²) in [6, 6.07) is 4.12. The molecule has 0 fully saturated rings. The maximum absolute atomic E-state index is 11.1. The lowest BCUT2D eigenvalue weighted by atomic mass is 10.3. The van der Waals surface area contributed by atoms with Crippen LogP contribution in [0.3, 0.4) is 0 Å². The second kappa shape index (κ2) is 5.62. The SMILES string of the molecule is COC(=O)[C@@H](C)Oc1cc(Br)cc([N+](=O)[O-])c1. The smallest absolute Gasteiger partial charge is 0.346 e. The van der Waals surface area contributed by atoms with Crippen molar-refractivity contribution in [2.24, 2.45) is 0 Å². The third-order valence-electron chi connectivity index (χ3n) is 1.91. The third-order valence-corrected chi connectivity index (χ3v) is 2.37. The lowest BCUT2D eigenvalue weighted by molar-refractivity contribution is -0.385. The Kier molecular flexibility index (Phi) is 4.45. The molecule has 0 spiro atoms. The highest BCUT2D eigenvalue weighted by Gasteiger charge is 2.17. The fourth-order valence-electron chi connectivity index (χ4n) is 1.14. The molecule has 7 heteroatoms. The number of hydrogen-bond acceptors (Lipinski definition) is 5. The highest BCUT2D eigenvalue weighted by molar-refractivity contribution is 9.10. The van der Waals surface area contributed by atoms with Crippen molar-refractivity contribution in [1.82, 2.24) is 0 Å². The van der Waals surface area contributed by atoms with Crippen LogP contribution in [0.25, 0.3) is 0 Å². The summed E-state index contributed by atoms with van der Waals surface area (Å²) in [7, 11) is 1.24. The van der Waals surface area contributed by atoms with E-state index in [2.05, 4.69) is 20.7 Å². The molecular weight excluding hydrogens is 294 g/mol. The van der Waals surface area contributed by atoms with Crippen LogP contribution in [0.5, 0.6) is 5.75 Å². The predicted octanol–water partition coefficient (Wildman–Crippen LogP) is 2.30. The molecule has 0 saturated carbocycles. The van der Waals surface area contributed by atoms with Gasteiger partial charge in [-0.15, -0.1) is 0 Å². The van der Waals surface area contributed by atoms with Gasteiger partial charge in [0.05, 0.1) is 18.1 Å². The number of nitro groups is 1. The van der Waals surface area contributed by atoms with Crippen LogP contribution in [0, 0.1) is 10.1 Å². The number of carbonyl (C=O) groups is 1. The molecule has 0 heterocycles. The summed E-state index contributed by atoms with van der Waals surface area (Å²) in [6.07, 6.45) is -0.825. The van der Waals surface area contributed by atoms with Crippen molar-refractivity contribution in [3.63, 3.8) is 0 Å². The monoisotopic (exact) mass is 303 g/mol. The molecule has 0 N–H and O–H groups in total. The quantitative estimate of drug-likeness (QED) is 0.484. The molecule has 6 nitrogen and oxygen atoms in total. The zero-order valence-corrected chi connectivity index (χ0v) is 10.8. The van der Waals surface area contributed by atoms with E-state index in [4.69, 9.17) is 4.74 Å². The Bertz CT molecular complexity index is 448. The van der Waals surface area contributed by atoms with Crippen LogP contribution in [0.1, 0.15) is 6.92 Å². The second-order valence-corrected chi connectivity index (χ2v) is 4.10. The van der Waals surface area contributed by atoms with Gasteiger partial charge in [0.25, 0.3) is 5.69 Å². The van der Waals surface area contributed by atoms with E-state index in [9.17, 15) is 14.9 Å². The minimum Gasteiger partial charge on any atom is -0.479 e. The molecule has 1 aromatic rings. The van der Waals surface area contributed by atoms with Gasteiger partial charge in [0, 0.05) is 10.5 Å². The highest BCUT2D eigenvalue weighted by Crippen LogP contribution is 2.26. The van der Waals surface area contributed by atoms with Crippen molar-refractivity contribution >= 4 is 27.6 Å². The number of rotatable bonds is 4. The number of carbonyl (C=O) groups excluding carboxylic acids is 1. The van der Waals surface area contributed by atoms with Crippen molar-refractivity contribution in [2.75, 3.05) is 7.11 Å². The van der Waals surface area contributed by atoms with E-state index in [1.165, 1.54) is 32.2 Å². The maximum atomic E-state index is 11.1. The Labute approximate surface area is 106 Å². The number of esters is 1. The van der Waals surface area contributed by atoms with Crippen LogP contribution in [0.4, 0.5) is 5.69 Å². The summed E-state index contributed by atoms with van der Waals surface area (Å²) in [5.41, 5.74) is -0.119. The van der Waals surface area contributed by atoms with Crippen LogP contribution in [-0.4, -0.2) is 24.1 Å². The van der Waals surface area contributed by atoms with Gasteiger partial charge in [0.2, 0.25) is 0 Å². The number of hydrogen-bond donors (Lipinski definition) is 0. The van der Waals surface area contributed by atoms with E-state index < -0.39 is 17.0 Å². The molecular formula is C10H10BrNO5. The third kappa shape index (κ3) is 3.70. The molecule has 0 aliphatic rings. The van der Waals surface area contributed by atoms with E-state index in [0.717, 1.165) is 0 Å². The van der Waals surface area contributed by atoms with Gasteiger partial charge < -0.3 is 9.47 Å². The molecule has 0 aliphatic carbocycles. The molecule has 0 bridgehead atoms. The largest absolute Gasteiger partial charge is 0.479 e. The molecule has 1 atom stereocenters. The fraction of sp³-hybridized carbons (Fsp3) is 0.300. The first-order chi connectivity index (χ1) is 7.93. The Morgan fingerprint density at radius 3 is 2.65 bits per heavy atom. The summed E-state index contributed by atoms with van der Waals surface area (Å²) >= 11 is 3.12. The maximum Gasteiger partial charge on any atom is 0.346 e. The van der Waals surface area contributed by atoms with Crippen molar-refractivity contribution in [2.45, 2.75) is 13.0 Å². The molecule has 1 aromatic carbocycles. The Morgan fingerprint density at radius 1 is 1.47 bits per heavy atom. The van der Waals surface area contributed by atoms with E-state index >= 15 is 0 Å². The highest BCUT2D eigenvalue weighted by atomic mass is 79.9. The average molecular weight is 304 g/mol. The first-order valence-corrected chi connectivity index (χ1v) is 5.43. The van der Waals surface area contributed by atoms with Crippen LogP contribution >= 0.6 is 15.9 Å². The Hall–Kier alpha value is -1.63. The van der Waals surface area contributed by atoms with Gasteiger partial charge in [-0.05, 0) is 13.0 Å². The predicted molar refractivity (Wildman–Crippen MR) is 62.9 cm³/mol. The van der Waals surface area contributed by atoms with Gasteiger partial charge in [-0.2, -0.15) is 0 Å². The number of halogens is 1. The molecule has 0 unspecified atom stereocenters. The lowest BCUT2D eigenvalue weighted by Gasteiger charge is -2.12. The molecule has 92 valence electrons. The first kappa shape index (κ1) is 13.4. The fourth-order valence-corrected chi connectivity index (χ4v) is 1.60. The molecule has 0 radical (unpaired) electrons. The Balaban J connectivity index is 2.91. The lowest BCUT2D eigenvalue weighted by Crippen LogP contribution is -2.24. The van der Waals surface area contributed by atoms with Crippen LogP contribution in [0.15, 0.2) is 22.7 Å². The van der Waals surface area contributed by atoms with E-state index in [1.54, 1.807) is 0 Å². The standard InChI is InChI=1S/C10H10BrNO5/c1-6(10(13)16-2)17-9-4-7(11)3-8(5-9)12(14)15/h3-6H,1-2H3/t6-/m1/s1. The number of ether oxygens (including phenoxy) is 2. The normalized spacial score (nSPS) is 11.7. The van der Waals surface area contributed by atoms with Crippen molar-refractivity contribution < 1.29 is 19.2 Å². The van der Waals surface area contributed by atoms with E-state index in [0.29, 0.717) is 4.47 Å². The Morgan fingerprint density at radius 2 is 2.12 bits per heavy atom. The zero-order valence-electron chi connectivity index (χ0n) is 9.18. The van der Waals surface area contributed by atoms with Crippen LogP contribution < -0.4 is 4.74 Å². The van der Waals surface area contributed by atoms with Gasteiger partial charge in [0.1, 0.15) is 5.75 Å². The van der Waals surface area contributed by atoms with Crippen molar-refractivity contribution in [3.8, 4) is 5.75 Å². The molecule has 0 amide bonds. The van der Waals surface area contributed by atoms with E-state index in [-0.39, 0.29) is 11.4 Å². The van der Waals surface area contributed by atoms with Gasteiger partial charge in [-0.25, -0.2) is 4.79 Å². The van der Waals surface area contributed by atoms with Gasteiger partial charge in [0.15, 0.2) is 6.10 Å². The molecule has 0 aromatic heterocycles. The average Bonchev–Trinajstić information content (AvgIpc) is 2.26. The number of benzene rings is 1. The number of nitro benzene ring substituents is 1. The summed E-state index contributed by atoms with van der Waals surface area (Å²) in [6.45, 7) is 1.50. The van der Waals surface area contributed by atoms with Crippen molar-refractivity contribution in [3.05, 3.63) is 32.8 Å². The summed E-state index contributed by atoms with van der Waals surface area (Å²) < 4.78 is 10.2. The molecule has 0 aliphatic heterocycles. The second-order valence-electron chi connectivity index (χ2n) is 3.19. The number of nitrogens with zero attached hydrogens (tertiary/aromatic N) is 1. The van der Waals surface area contributed by atoms with Gasteiger partial charge >= 0.3 is 5.97 Å². The number of methoxy groups -OCH3 is 1. The minimum atomic E-state index is -0.825. The molecule has 1 rings (SSSR count). The summed E-state index contributed by atoms with van der Waals surface area (Å²) in [5, 5.41) is 10.6. The molecule has 17 heavy (non-hydrogen) atoms. The van der Waals surface area contributed by atoms with Crippen LogP contribution in [-0.2, 0) is 9.53 Å². The number of non-ortho nitro benzene ring substituents is 1. The topological polar surface area (TPSA) is 78.7 Å². The molecule has 0 saturated heterocycles.